The second-order valence-corrected chi connectivity index (χ2v) is 4.63. The largest absolute Gasteiger partial charge is 0.377 e. The molecule has 1 aromatic rings. The van der Waals surface area contributed by atoms with Gasteiger partial charge in [-0.3, -0.25) is 4.79 Å². The van der Waals surface area contributed by atoms with Crippen molar-refractivity contribution < 1.29 is 13.9 Å². The molecule has 1 saturated heterocycles. The van der Waals surface area contributed by atoms with Crippen LogP contribution < -0.4 is 10.6 Å². The molecule has 0 aliphatic carbocycles. The highest BCUT2D eigenvalue weighted by molar-refractivity contribution is 5.85. The number of carbonyl (C=O) groups excluding carboxylic acids is 1. The van der Waals surface area contributed by atoms with Crippen LogP contribution in [0.15, 0.2) is 24.3 Å². The number of ether oxygens (including phenoxy) is 1. The molecule has 6 heteroatoms. The van der Waals surface area contributed by atoms with Gasteiger partial charge in [-0.2, -0.15) is 0 Å². The molecule has 20 heavy (non-hydrogen) atoms. The van der Waals surface area contributed by atoms with Crippen LogP contribution in [0.4, 0.5) is 4.39 Å². The van der Waals surface area contributed by atoms with E-state index in [2.05, 4.69) is 10.6 Å². The Balaban J connectivity index is 0.00000200. The molecule has 4 nitrogen and oxygen atoms in total. The van der Waals surface area contributed by atoms with Crippen LogP contribution in [0, 0.1) is 5.82 Å². The molecule has 1 heterocycles. The minimum atomic E-state index is -0.296. The maximum absolute atomic E-state index is 13.3. The quantitative estimate of drug-likeness (QED) is 0.840. The van der Waals surface area contributed by atoms with E-state index in [0.29, 0.717) is 12.1 Å². The van der Waals surface area contributed by atoms with E-state index in [1.54, 1.807) is 18.2 Å². The Morgan fingerprint density at radius 2 is 2.20 bits per heavy atom. The number of hydrogen-bond donors (Lipinski definition) is 2. The first-order valence-electron chi connectivity index (χ1n) is 6.58. The van der Waals surface area contributed by atoms with Crippen LogP contribution in [0.2, 0.25) is 0 Å². The van der Waals surface area contributed by atoms with Crippen molar-refractivity contribution in [2.75, 3.05) is 19.7 Å². The second-order valence-electron chi connectivity index (χ2n) is 4.63. The van der Waals surface area contributed by atoms with E-state index in [1.807, 2.05) is 0 Å². The van der Waals surface area contributed by atoms with E-state index in [9.17, 15) is 9.18 Å². The lowest BCUT2D eigenvalue weighted by atomic mass is 10.2. The van der Waals surface area contributed by atoms with E-state index in [0.717, 1.165) is 19.4 Å². The van der Waals surface area contributed by atoms with Gasteiger partial charge in [-0.1, -0.05) is 18.2 Å². The molecule has 1 aromatic carbocycles. The van der Waals surface area contributed by atoms with Crippen LogP contribution in [0.3, 0.4) is 0 Å². The maximum Gasteiger partial charge on any atom is 0.234 e. The van der Waals surface area contributed by atoms with Crippen molar-refractivity contribution in [1.29, 1.82) is 0 Å². The van der Waals surface area contributed by atoms with Gasteiger partial charge < -0.3 is 15.4 Å². The minimum absolute atomic E-state index is 0. The zero-order valence-electron chi connectivity index (χ0n) is 11.2. The highest BCUT2D eigenvalue weighted by Crippen LogP contribution is 2.10. The lowest BCUT2D eigenvalue weighted by Gasteiger charge is -2.11. The van der Waals surface area contributed by atoms with Gasteiger partial charge >= 0.3 is 0 Å². The molecular weight excluding hydrogens is 283 g/mol. The van der Waals surface area contributed by atoms with Crippen molar-refractivity contribution in [3.8, 4) is 0 Å². The van der Waals surface area contributed by atoms with Gasteiger partial charge in [0.15, 0.2) is 0 Å². The summed E-state index contributed by atoms with van der Waals surface area (Å²) in [5, 5.41) is 5.73. The molecule has 0 bridgehead atoms. The lowest BCUT2D eigenvalue weighted by Crippen LogP contribution is -2.37. The molecule has 1 amide bonds. The predicted molar refractivity (Wildman–Crippen MR) is 77.3 cm³/mol. The summed E-state index contributed by atoms with van der Waals surface area (Å²) in [4.78, 5) is 11.6. The van der Waals surface area contributed by atoms with Gasteiger partial charge in [-0.05, 0) is 18.9 Å². The van der Waals surface area contributed by atoms with Crippen molar-refractivity contribution in [3.63, 3.8) is 0 Å². The maximum atomic E-state index is 13.3. The Labute approximate surface area is 124 Å². The Kier molecular flexibility index (Phi) is 7.51. The molecule has 0 spiro atoms. The molecule has 1 aliphatic rings. The van der Waals surface area contributed by atoms with E-state index in [4.69, 9.17) is 4.74 Å². The summed E-state index contributed by atoms with van der Waals surface area (Å²) >= 11 is 0. The number of halogens is 2. The van der Waals surface area contributed by atoms with Crippen LogP contribution in [-0.4, -0.2) is 31.7 Å². The molecule has 0 saturated carbocycles. The first-order valence-corrected chi connectivity index (χ1v) is 6.58. The molecular formula is C14H20ClFN2O2. The monoisotopic (exact) mass is 302 g/mol. The van der Waals surface area contributed by atoms with Gasteiger partial charge in [-0.15, -0.1) is 12.4 Å². The summed E-state index contributed by atoms with van der Waals surface area (Å²) in [7, 11) is 0. The fraction of sp³-hybridized carbons (Fsp3) is 0.500. The summed E-state index contributed by atoms with van der Waals surface area (Å²) in [6.07, 6.45) is 2.36. The number of amides is 1. The summed E-state index contributed by atoms with van der Waals surface area (Å²) in [6.45, 7) is 1.94. The zero-order chi connectivity index (χ0) is 13.5. The standard InChI is InChI=1S/C14H19FN2O2.ClH/c15-13-6-2-1-4-11(13)8-17-14(18)10-16-9-12-5-3-7-19-12;/h1-2,4,6,12,16H,3,5,7-10H2,(H,17,18);1H. The Morgan fingerprint density at radius 3 is 2.90 bits per heavy atom. The second kappa shape index (κ2) is 8.89. The molecule has 1 atom stereocenters. The van der Waals surface area contributed by atoms with Crippen LogP contribution in [-0.2, 0) is 16.1 Å². The summed E-state index contributed by atoms with van der Waals surface area (Å²) in [5.74, 6) is -0.434. The average Bonchev–Trinajstić information content (AvgIpc) is 2.91. The molecule has 0 aromatic heterocycles. The Morgan fingerprint density at radius 1 is 1.40 bits per heavy atom. The smallest absolute Gasteiger partial charge is 0.234 e. The van der Waals surface area contributed by atoms with E-state index < -0.39 is 0 Å². The van der Waals surface area contributed by atoms with Crippen LogP contribution >= 0.6 is 12.4 Å². The molecule has 1 fully saturated rings. The van der Waals surface area contributed by atoms with E-state index >= 15 is 0 Å². The number of hydrogen-bond acceptors (Lipinski definition) is 3. The van der Waals surface area contributed by atoms with Crippen LogP contribution in [0.5, 0.6) is 0 Å². The molecule has 112 valence electrons. The van der Waals surface area contributed by atoms with E-state index in [-0.39, 0.29) is 43.3 Å². The minimum Gasteiger partial charge on any atom is -0.377 e. The molecule has 1 unspecified atom stereocenters. The lowest BCUT2D eigenvalue weighted by molar-refractivity contribution is -0.120. The van der Waals surface area contributed by atoms with Crippen LogP contribution in [0.1, 0.15) is 18.4 Å². The Bertz CT molecular complexity index is 425. The number of benzene rings is 1. The first-order chi connectivity index (χ1) is 9.25. The third-order valence-electron chi connectivity index (χ3n) is 3.12. The van der Waals surface area contributed by atoms with Crippen molar-refractivity contribution in [2.45, 2.75) is 25.5 Å². The van der Waals surface area contributed by atoms with Gasteiger partial charge in [0, 0.05) is 25.3 Å². The van der Waals surface area contributed by atoms with Gasteiger partial charge in [0.1, 0.15) is 5.82 Å². The number of carbonyl (C=O) groups is 1. The SMILES string of the molecule is Cl.O=C(CNCC1CCCO1)NCc1ccccc1F. The fourth-order valence-electron chi connectivity index (χ4n) is 2.05. The predicted octanol–water partition coefficient (Wildman–Crippen LogP) is 1.63. The van der Waals surface area contributed by atoms with Gasteiger partial charge in [-0.25, -0.2) is 4.39 Å². The number of rotatable bonds is 6. The van der Waals surface area contributed by atoms with Crippen molar-refractivity contribution in [2.24, 2.45) is 0 Å². The number of nitrogens with one attached hydrogen (secondary N) is 2. The topological polar surface area (TPSA) is 50.4 Å². The summed E-state index contributed by atoms with van der Waals surface area (Å²) in [5.41, 5.74) is 0.495. The zero-order valence-corrected chi connectivity index (χ0v) is 12.0. The van der Waals surface area contributed by atoms with Crippen molar-refractivity contribution in [3.05, 3.63) is 35.6 Å². The van der Waals surface area contributed by atoms with E-state index in [1.165, 1.54) is 6.07 Å². The van der Waals surface area contributed by atoms with Gasteiger partial charge in [0.05, 0.1) is 12.6 Å². The average molecular weight is 303 g/mol. The third kappa shape index (κ3) is 5.45. The van der Waals surface area contributed by atoms with Gasteiger partial charge in [0.25, 0.3) is 0 Å². The normalized spacial score (nSPS) is 17.6. The van der Waals surface area contributed by atoms with Crippen molar-refractivity contribution in [1.82, 2.24) is 10.6 Å². The first kappa shape index (κ1) is 16.9. The highest BCUT2D eigenvalue weighted by atomic mass is 35.5. The molecule has 1 aliphatic heterocycles. The molecule has 2 N–H and O–H groups in total. The highest BCUT2D eigenvalue weighted by Gasteiger charge is 2.15. The van der Waals surface area contributed by atoms with Crippen molar-refractivity contribution >= 4 is 18.3 Å². The molecule has 2 rings (SSSR count). The van der Waals surface area contributed by atoms with Crippen LogP contribution in [0.25, 0.3) is 0 Å². The summed E-state index contributed by atoms with van der Waals surface area (Å²) in [6, 6.07) is 6.43. The molecule has 0 radical (unpaired) electrons. The van der Waals surface area contributed by atoms with Gasteiger partial charge in [0.2, 0.25) is 5.91 Å². The third-order valence-corrected chi connectivity index (χ3v) is 3.12. The summed E-state index contributed by atoms with van der Waals surface area (Å²) < 4.78 is 18.7. The fourth-order valence-corrected chi connectivity index (χ4v) is 2.05. The Hall–Kier alpha value is -1.17.